The van der Waals surface area contributed by atoms with Crippen molar-refractivity contribution in [2.45, 2.75) is 88.9 Å². The summed E-state index contributed by atoms with van der Waals surface area (Å²) >= 11 is 6.32. The first kappa shape index (κ1) is 30.9. The minimum atomic E-state index is -3.13. The number of aliphatic carboxylic acids is 1. The number of benzene rings is 1. The third-order valence-corrected chi connectivity index (χ3v) is 8.19. The summed E-state index contributed by atoms with van der Waals surface area (Å²) in [6.45, 7) is 1.91. The molecule has 0 spiro atoms. The zero-order valence-electron chi connectivity index (χ0n) is 22.7. The molecule has 1 aromatic carbocycles. The van der Waals surface area contributed by atoms with Crippen LogP contribution in [0.5, 0.6) is 0 Å². The molecule has 40 heavy (non-hydrogen) atoms. The second-order valence-corrected chi connectivity index (χ2v) is 11.3. The number of carboxylic acids is 1. The zero-order chi connectivity index (χ0) is 27.7. The Morgan fingerprint density at radius 2 is 1.85 bits per heavy atom. The zero-order valence-corrected chi connectivity index (χ0v) is 25.4. The summed E-state index contributed by atoms with van der Waals surface area (Å²) in [6.07, 6.45) is 4.04. The van der Waals surface area contributed by atoms with Gasteiger partial charge in [0.05, 0.1) is 5.69 Å². The Balaban J connectivity index is 0.00000370. The summed E-state index contributed by atoms with van der Waals surface area (Å²) in [5.74, 6) is -6.04. The fourth-order valence-corrected chi connectivity index (χ4v) is 5.87. The van der Waals surface area contributed by atoms with E-state index < -0.39 is 29.5 Å². The largest absolute Gasteiger partial charge is 1.00 e. The van der Waals surface area contributed by atoms with Crippen molar-refractivity contribution in [3.05, 3.63) is 57.4 Å². The molecule has 0 N–H and O–H groups in total. The van der Waals surface area contributed by atoms with Crippen molar-refractivity contribution >= 4 is 23.4 Å². The number of carbonyl (C=O) groups excluding carboxylic acids is 2. The van der Waals surface area contributed by atoms with Gasteiger partial charge in [0, 0.05) is 47.3 Å². The first-order valence-electron chi connectivity index (χ1n) is 13.4. The van der Waals surface area contributed by atoms with Gasteiger partial charge in [-0.2, -0.15) is 8.78 Å². The van der Waals surface area contributed by atoms with E-state index in [4.69, 9.17) is 20.6 Å². The smallest absolute Gasteiger partial charge is 0.550 e. The number of hydrogen-bond donors (Lipinski definition) is 0. The number of Topliss-reactive ketones (excluding diaryl/α,β-unsaturated/α-hetero) is 1. The van der Waals surface area contributed by atoms with Crippen LogP contribution in [-0.4, -0.2) is 22.1 Å². The number of alkyl halides is 2. The van der Waals surface area contributed by atoms with E-state index >= 15 is 8.78 Å². The van der Waals surface area contributed by atoms with Crippen LogP contribution in [0.2, 0.25) is 5.02 Å². The summed E-state index contributed by atoms with van der Waals surface area (Å²) in [6, 6.07) is 6.68. The second kappa shape index (κ2) is 12.8. The van der Waals surface area contributed by atoms with E-state index in [-0.39, 0.29) is 78.4 Å². The minimum absolute atomic E-state index is 0. The van der Waals surface area contributed by atoms with Crippen LogP contribution < -0.4 is 34.7 Å². The van der Waals surface area contributed by atoms with Gasteiger partial charge in [-0.1, -0.05) is 46.9 Å². The molecule has 0 saturated heterocycles. The van der Waals surface area contributed by atoms with Crippen molar-refractivity contribution in [2.75, 3.05) is 0 Å². The van der Waals surface area contributed by atoms with Crippen molar-refractivity contribution < 1.29 is 62.1 Å². The number of rotatable bonds is 12. The third kappa shape index (κ3) is 6.86. The molecule has 0 aliphatic heterocycles. The molecule has 5 rings (SSSR count). The molecular formula is C29H30ClF2N2NaO5. The Bertz CT molecular complexity index is 1360. The van der Waals surface area contributed by atoms with Gasteiger partial charge in [0.25, 0.3) is 0 Å². The van der Waals surface area contributed by atoms with Gasteiger partial charge in [-0.25, -0.2) is 0 Å². The average molecular weight is 583 g/mol. The average Bonchev–Trinajstić information content (AvgIpc) is 3.30. The number of carboxylic acid groups (broad SMARTS) is 1. The van der Waals surface area contributed by atoms with E-state index in [0.29, 0.717) is 34.7 Å². The molecule has 2 heterocycles. The maximum atomic E-state index is 15.1. The molecule has 0 unspecified atom stereocenters. The molecule has 7 nitrogen and oxygen atoms in total. The maximum Gasteiger partial charge on any atom is 1.00 e. The van der Waals surface area contributed by atoms with Crippen molar-refractivity contribution in [3.63, 3.8) is 0 Å². The Labute approximate surface area is 258 Å². The summed E-state index contributed by atoms with van der Waals surface area (Å²) in [5, 5.41) is 19.9. The Morgan fingerprint density at radius 1 is 1.12 bits per heavy atom. The molecule has 2 saturated carbocycles. The fourth-order valence-electron chi connectivity index (χ4n) is 5.57. The Hall–Kier alpha value is -2.07. The molecule has 2 fully saturated rings. The number of halogens is 3. The summed E-state index contributed by atoms with van der Waals surface area (Å²) in [7, 11) is 0. The quantitative estimate of drug-likeness (QED) is 0.302. The number of carbonyl (C=O) groups is 2. The van der Waals surface area contributed by atoms with Crippen molar-refractivity contribution in [3.8, 4) is 11.5 Å². The van der Waals surface area contributed by atoms with Crippen LogP contribution in [0.25, 0.3) is 11.5 Å². The van der Waals surface area contributed by atoms with Crippen LogP contribution in [-0.2, 0) is 21.9 Å². The fraction of sp³-hybridized carbons (Fsp3) is 0.517. The molecule has 1 atom stereocenters. The van der Waals surface area contributed by atoms with Crippen LogP contribution in [0.3, 0.4) is 0 Å². The standard InChI is InChI=1S/C29H31ClF2N2O5.Na/c1-16-6-7-18(22(30)12-16)13-21(35)14-19(10-11-25(36)37)27-26(17-8-9-17)28(39-34-27)23-15-24(38-33-23)29(31,32)20-4-2-3-5-20;/h6-7,12,15,17,19-20H,2-5,8-11,13-14H2,1H3,(H,36,37);/q;+1/p-1/t19-;/m0./s1. The normalized spacial score (nSPS) is 16.6. The topological polar surface area (TPSA) is 109 Å². The monoisotopic (exact) mass is 582 g/mol. The third-order valence-electron chi connectivity index (χ3n) is 7.83. The van der Waals surface area contributed by atoms with Crippen LogP contribution >= 0.6 is 11.6 Å². The first-order valence-corrected chi connectivity index (χ1v) is 13.8. The number of nitrogens with zero attached hydrogens (tertiary/aromatic N) is 2. The van der Waals surface area contributed by atoms with E-state index in [9.17, 15) is 14.7 Å². The molecule has 2 aliphatic rings. The number of ketones is 1. The number of hydrogen-bond acceptors (Lipinski definition) is 7. The molecule has 2 aromatic heterocycles. The second-order valence-electron chi connectivity index (χ2n) is 10.9. The number of aryl methyl sites for hydroxylation is 1. The Morgan fingerprint density at radius 3 is 2.50 bits per heavy atom. The van der Waals surface area contributed by atoms with Crippen LogP contribution in [0, 0.1) is 12.8 Å². The van der Waals surface area contributed by atoms with Crippen molar-refractivity contribution in [1.29, 1.82) is 0 Å². The number of aromatic nitrogens is 2. The molecule has 2 aliphatic carbocycles. The van der Waals surface area contributed by atoms with Crippen molar-refractivity contribution in [2.24, 2.45) is 5.92 Å². The van der Waals surface area contributed by atoms with E-state index in [1.165, 1.54) is 6.07 Å². The molecular weight excluding hydrogens is 553 g/mol. The molecule has 3 aromatic rings. The summed E-state index contributed by atoms with van der Waals surface area (Å²) < 4.78 is 40.9. The van der Waals surface area contributed by atoms with Gasteiger partial charge in [-0.3, -0.25) is 4.79 Å². The van der Waals surface area contributed by atoms with E-state index in [1.54, 1.807) is 12.1 Å². The molecule has 0 amide bonds. The molecule has 0 bridgehead atoms. The molecule has 0 radical (unpaired) electrons. The molecule has 11 heteroatoms. The van der Waals surface area contributed by atoms with Gasteiger partial charge in [-0.05, 0) is 68.6 Å². The molecule has 208 valence electrons. The predicted molar refractivity (Wildman–Crippen MR) is 136 cm³/mol. The summed E-state index contributed by atoms with van der Waals surface area (Å²) in [5.41, 5.74) is 2.93. The van der Waals surface area contributed by atoms with Gasteiger partial charge in [0.1, 0.15) is 5.78 Å². The first-order chi connectivity index (χ1) is 18.6. The van der Waals surface area contributed by atoms with Gasteiger partial charge in [0.15, 0.2) is 11.5 Å². The maximum absolute atomic E-state index is 15.1. The Kier molecular flexibility index (Phi) is 9.91. The van der Waals surface area contributed by atoms with Crippen LogP contribution in [0.15, 0.2) is 33.3 Å². The van der Waals surface area contributed by atoms with Crippen LogP contribution in [0.1, 0.15) is 97.8 Å². The van der Waals surface area contributed by atoms with E-state index in [1.807, 2.05) is 13.0 Å². The van der Waals surface area contributed by atoms with Gasteiger partial charge < -0.3 is 18.9 Å². The SMILES string of the molecule is Cc1ccc(CC(=O)C[C@H](CCC(=O)[O-])c2noc(-c3cc(C(F)(F)C4CCCC4)on3)c2C2CC2)c(Cl)c1.[Na+]. The van der Waals surface area contributed by atoms with E-state index in [2.05, 4.69) is 10.3 Å². The van der Waals surface area contributed by atoms with Crippen LogP contribution in [0.4, 0.5) is 8.78 Å². The van der Waals surface area contributed by atoms with Gasteiger partial charge >= 0.3 is 35.5 Å². The van der Waals surface area contributed by atoms with Crippen molar-refractivity contribution in [1.82, 2.24) is 10.3 Å². The predicted octanol–water partition coefficient (Wildman–Crippen LogP) is 3.27. The minimum Gasteiger partial charge on any atom is -0.550 e. The van der Waals surface area contributed by atoms with Gasteiger partial charge in [0.2, 0.25) is 5.76 Å². The van der Waals surface area contributed by atoms with Gasteiger partial charge in [-0.15, -0.1) is 0 Å². The summed E-state index contributed by atoms with van der Waals surface area (Å²) in [4.78, 5) is 24.4. The van der Waals surface area contributed by atoms with E-state index in [0.717, 1.165) is 31.2 Å².